The number of nitrogen functional groups attached to an aromatic ring is 2. The topological polar surface area (TPSA) is 125 Å². The van der Waals surface area contributed by atoms with Gasteiger partial charge in [0.1, 0.15) is 11.5 Å². The van der Waals surface area contributed by atoms with Gasteiger partial charge in [-0.1, -0.05) is 56.4 Å². The minimum absolute atomic E-state index is 0.181. The quantitative estimate of drug-likeness (QED) is 0.0658. The Morgan fingerprint density at radius 1 is 0.854 bits per heavy atom. The average molecular weight is 557 g/mol. The molecule has 0 atom stereocenters. The molecule has 41 heavy (non-hydrogen) atoms. The summed E-state index contributed by atoms with van der Waals surface area (Å²) in [6.07, 6.45) is 13.8. The predicted octanol–water partition coefficient (Wildman–Crippen LogP) is 7.40. The molecule has 3 aromatic carbocycles. The van der Waals surface area contributed by atoms with Gasteiger partial charge in [0.2, 0.25) is 0 Å². The number of esters is 1. The zero-order valence-corrected chi connectivity index (χ0v) is 23.5. The van der Waals surface area contributed by atoms with Gasteiger partial charge in [-0.3, -0.25) is 0 Å². The Balaban J connectivity index is 1.13. The van der Waals surface area contributed by atoms with Crippen LogP contribution >= 0.6 is 0 Å². The molecule has 3 aromatic rings. The molecule has 0 bridgehead atoms. The van der Waals surface area contributed by atoms with Crippen LogP contribution in [0.5, 0.6) is 11.5 Å². The van der Waals surface area contributed by atoms with Crippen molar-refractivity contribution in [3.63, 3.8) is 0 Å². The highest BCUT2D eigenvalue weighted by molar-refractivity contribution is 5.92. The van der Waals surface area contributed by atoms with Gasteiger partial charge in [0.05, 0.1) is 12.2 Å². The molecule has 0 aliphatic heterocycles. The molecular formula is C34H40N2O5. The Labute approximate surface area is 242 Å². The van der Waals surface area contributed by atoms with Gasteiger partial charge >= 0.3 is 11.9 Å². The van der Waals surface area contributed by atoms with Crippen molar-refractivity contribution in [3.8, 4) is 11.5 Å². The number of benzene rings is 3. The molecule has 1 saturated carbocycles. The first-order valence-corrected chi connectivity index (χ1v) is 14.5. The zero-order valence-electron chi connectivity index (χ0n) is 23.5. The zero-order chi connectivity index (χ0) is 29.0. The summed E-state index contributed by atoms with van der Waals surface area (Å²) in [6.45, 7) is 0.589. The highest BCUT2D eigenvalue weighted by Gasteiger charge is 2.16. The summed E-state index contributed by atoms with van der Waals surface area (Å²) in [5.74, 6) is 0.533. The van der Waals surface area contributed by atoms with Crippen LogP contribution in [-0.2, 0) is 11.2 Å². The van der Waals surface area contributed by atoms with E-state index in [0.29, 0.717) is 41.6 Å². The molecule has 4 rings (SSSR count). The summed E-state index contributed by atoms with van der Waals surface area (Å²) < 4.78 is 11.3. The van der Waals surface area contributed by atoms with E-state index >= 15 is 0 Å². The molecule has 0 saturated heterocycles. The summed E-state index contributed by atoms with van der Waals surface area (Å²) in [4.78, 5) is 23.8. The van der Waals surface area contributed by atoms with Gasteiger partial charge in [0.25, 0.3) is 0 Å². The summed E-state index contributed by atoms with van der Waals surface area (Å²) in [5.41, 5.74) is 15.6. The fourth-order valence-corrected chi connectivity index (χ4v) is 5.37. The Bertz CT molecular complexity index is 1330. The van der Waals surface area contributed by atoms with Crippen LogP contribution in [0.3, 0.4) is 0 Å². The predicted molar refractivity (Wildman–Crippen MR) is 163 cm³/mol. The maximum atomic E-state index is 12.3. The van der Waals surface area contributed by atoms with Crippen molar-refractivity contribution in [2.24, 2.45) is 0 Å². The third-order valence-corrected chi connectivity index (χ3v) is 7.59. The van der Waals surface area contributed by atoms with Crippen molar-refractivity contribution in [2.75, 3.05) is 18.1 Å². The van der Waals surface area contributed by atoms with Gasteiger partial charge in [-0.05, 0) is 97.2 Å². The number of aromatic carboxylic acids is 1. The van der Waals surface area contributed by atoms with Gasteiger partial charge < -0.3 is 26.0 Å². The lowest BCUT2D eigenvalue weighted by molar-refractivity contribution is -0.128. The van der Waals surface area contributed by atoms with E-state index in [4.69, 9.17) is 20.9 Å². The van der Waals surface area contributed by atoms with Crippen LogP contribution < -0.4 is 20.9 Å². The minimum atomic E-state index is -1.01. The molecular weight excluding hydrogens is 516 g/mol. The van der Waals surface area contributed by atoms with E-state index < -0.39 is 11.9 Å². The number of unbranched alkanes of at least 4 members (excludes halogenated alkanes) is 3. The van der Waals surface area contributed by atoms with Gasteiger partial charge in [-0.25, -0.2) is 9.59 Å². The standard InChI is InChI=1S/C34H40N2O5/c35-27-22-31(34(38)39)30(32(36)23-27)10-6-1-2-7-21-40-28-16-11-24(12-17-28)13-20-33(37)41-29-18-14-26(15-19-29)25-8-4-3-5-9-25/h11-20,22-23,25H,1-10,21,35-36H2,(H,38,39)/b20-13+. The van der Waals surface area contributed by atoms with Crippen LogP contribution in [0.25, 0.3) is 6.08 Å². The molecule has 1 aliphatic carbocycles. The highest BCUT2D eigenvalue weighted by atomic mass is 16.5. The number of nitrogens with two attached hydrogens (primary N) is 2. The average Bonchev–Trinajstić information content (AvgIpc) is 2.97. The molecule has 0 radical (unpaired) electrons. The largest absolute Gasteiger partial charge is 0.494 e. The van der Waals surface area contributed by atoms with E-state index in [1.54, 1.807) is 12.1 Å². The number of hydrogen-bond donors (Lipinski definition) is 3. The SMILES string of the molecule is Nc1cc(N)c(CCCCCCOc2ccc(/C=C/C(=O)Oc3ccc(C4CCCCC4)cc3)cc2)c(C(=O)O)c1. The highest BCUT2D eigenvalue weighted by Crippen LogP contribution is 2.33. The van der Waals surface area contributed by atoms with Gasteiger partial charge in [-0.2, -0.15) is 0 Å². The van der Waals surface area contributed by atoms with Crippen molar-refractivity contribution < 1.29 is 24.2 Å². The van der Waals surface area contributed by atoms with Crippen molar-refractivity contribution in [2.45, 2.75) is 70.1 Å². The van der Waals surface area contributed by atoms with Crippen molar-refractivity contribution in [1.82, 2.24) is 0 Å². The second-order valence-electron chi connectivity index (χ2n) is 10.7. The maximum Gasteiger partial charge on any atom is 0.336 e. The molecule has 5 N–H and O–H groups in total. The number of rotatable bonds is 13. The smallest absolute Gasteiger partial charge is 0.336 e. The number of carbonyl (C=O) groups is 2. The summed E-state index contributed by atoms with van der Waals surface area (Å²) in [6, 6.07) is 18.6. The second kappa shape index (κ2) is 14.9. The maximum absolute atomic E-state index is 12.3. The van der Waals surface area contributed by atoms with E-state index in [-0.39, 0.29) is 5.56 Å². The molecule has 7 heteroatoms. The molecule has 7 nitrogen and oxygen atoms in total. The summed E-state index contributed by atoms with van der Waals surface area (Å²) >= 11 is 0. The molecule has 1 aliphatic rings. The Hall–Kier alpha value is -4.26. The van der Waals surface area contributed by atoms with E-state index in [1.165, 1.54) is 49.8 Å². The Kier molecular flexibility index (Phi) is 10.8. The first-order valence-electron chi connectivity index (χ1n) is 14.5. The third kappa shape index (κ3) is 9.13. The van der Waals surface area contributed by atoms with E-state index in [0.717, 1.165) is 37.0 Å². The molecule has 0 amide bonds. The Morgan fingerprint density at radius 3 is 2.24 bits per heavy atom. The lowest BCUT2D eigenvalue weighted by Crippen LogP contribution is -2.08. The molecule has 216 valence electrons. The molecule has 0 aromatic heterocycles. The van der Waals surface area contributed by atoms with Crippen molar-refractivity contribution in [1.29, 1.82) is 0 Å². The van der Waals surface area contributed by atoms with E-state index in [1.807, 2.05) is 36.4 Å². The van der Waals surface area contributed by atoms with Crippen molar-refractivity contribution in [3.05, 3.63) is 89.0 Å². The number of carbonyl (C=O) groups excluding carboxylic acids is 1. The summed E-state index contributed by atoms with van der Waals surface area (Å²) in [5, 5.41) is 9.41. The van der Waals surface area contributed by atoms with Crippen LogP contribution in [0.4, 0.5) is 11.4 Å². The molecule has 0 heterocycles. The lowest BCUT2D eigenvalue weighted by atomic mass is 9.84. The monoisotopic (exact) mass is 556 g/mol. The number of hydrogen-bond acceptors (Lipinski definition) is 6. The fraction of sp³-hybridized carbons (Fsp3) is 0.353. The molecule has 0 unspecified atom stereocenters. The van der Waals surface area contributed by atoms with Crippen LogP contribution in [0.2, 0.25) is 0 Å². The van der Waals surface area contributed by atoms with E-state index in [2.05, 4.69) is 12.1 Å². The van der Waals surface area contributed by atoms with Crippen LogP contribution in [0, 0.1) is 0 Å². The molecule has 1 fully saturated rings. The lowest BCUT2D eigenvalue weighted by Gasteiger charge is -2.21. The normalized spacial score (nSPS) is 13.8. The second-order valence-corrected chi connectivity index (χ2v) is 10.7. The third-order valence-electron chi connectivity index (χ3n) is 7.59. The van der Waals surface area contributed by atoms with Crippen LogP contribution in [-0.4, -0.2) is 23.7 Å². The van der Waals surface area contributed by atoms with Gasteiger partial charge in [-0.15, -0.1) is 0 Å². The number of anilines is 2. The van der Waals surface area contributed by atoms with Gasteiger partial charge in [0, 0.05) is 17.5 Å². The summed E-state index contributed by atoms with van der Waals surface area (Å²) in [7, 11) is 0. The first-order chi connectivity index (χ1) is 19.9. The minimum Gasteiger partial charge on any atom is -0.494 e. The van der Waals surface area contributed by atoms with E-state index in [9.17, 15) is 14.7 Å². The first kappa shape index (κ1) is 29.7. The molecule has 0 spiro atoms. The van der Waals surface area contributed by atoms with Crippen LogP contribution in [0.15, 0.2) is 66.7 Å². The van der Waals surface area contributed by atoms with Gasteiger partial charge in [0.15, 0.2) is 0 Å². The Morgan fingerprint density at radius 2 is 1.54 bits per heavy atom. The number of carboxylic acids is 1. The fourth-order valence-electron chi connectivity index (χ4n) is 5.37. The number of carboxylic acid groups (broad SMARTS) is 1. The van der Waals surface area contributed by atoms with Crippen LogP contribution in [0.1, 0.15) is 90.8 Å². The number of ether oxygens (including phenoxy) is 2. The van der Waals surface area contributed by atoms with Crippen molar-refractivity contribution >= 4 is 29.4 Å².